The topological polar surface area (TPSA) is 136 Å². The zero-order valence-corrected chi connectivity index (χ0v) is 24.9. The van der Waals surface area contributed by atoms with E-state index < -0.39 is 49.7 Å². The summed E-state index contributed by atoms with van der Waals surface area (Å²) in [5.41, 5.74) is 0.438. The molecule has 0 aliphatic carbocycles. The quantitative estimate of drug-likeness (QED) is 0.236. The lowest BCUT2D eigenvalue weighted by Crippen LogP contribution is -2.45. The predicted octanol–water partition coefficient (Wildman–Crippen LogP) is 4.09. The van der Waals surface area contributed by atoms with Gasteiger partial charge in [0.2, 0.25) is 11.8 Å². The maximum absolute atomic E-state index is 15.3. The van der Waals surface area contributed by atoms with E-state index in [0.29, 0.717) is 43.8 Å². The molecule has 218 valence electrons. The second-order valence-electron chi connectivity index (χ2n) is 10.4. The number of carbonyl (C=O) groups is 3. The van der Waals surface area contributed by atoms with E-state index in [1.807, 2.05) is 0 Å². The summed E-state index contributed by atoms with van der Waals surface area (Å²) < 4.78 is 30.8. The number of nitrogens with zero attached hydrogens (tertiary/aromatic N) is 7. The van der Waals surface area contributed by atoms with E-state index >= 15 is 4.39 Å². The molecule has 0 bridgehead atoms. The molecule has 0 aromatic carbocycles. The average Bonchev–Trinajstić information content (AvgIpc) is 3.50. The molecule has 4 aromatic heterocycles. The van der Waals surface area contributed by atoms with Crippen LogP contribution in [0.2, 0.25) is 0 Å². The second kappa shape index (κ2) is 11.2. The van der Waals surface area contributed by atoms with Crippen molar-refractivity contribution in [3.63, 3.8) is 0 Å². The highest BCUT2D eigenvalue weighted by molar-refractivity contribution is 9.10. The summed E-state index contributed by atoms with van der Waals surface area (Å²) in [7, 11) is 0. The van der Waals surface area contributed by atoms with Crippen molar-refractivity contribution in [1.29, 1.82) is 0 Å². The zero-order valence-electron chi connectivity index (χ0n) is 23.3. The number of fused-ring (bicyclic) bond motifs is 1. The number of likely N-dealkylation sites (tertiary alicyclic amines) is 1. The van der Waals surface area contributed by atoms with Gasteiger partial charge in [-0.1, -0.05) is 6.07 Å². The van der Waals surface area contributed by atoms with Crippen molar-refractivity contribution in [3.8, 4) is 11.3 Å². The van der Waals surface area contributed by atoms with Crippen LogP contribution < -0.4 is 5.32 Å². The van der Waals surface area contributed by atoms with Gasteiger partial charge in [-0.3, -0.25) is 24.0 Å². The van der Waals surface area contributed by atoms with E-state index in [2.05, 4.69) is 46.3 Å². The van der Waals surface area contributed by atoms with Crippen LogP contribution in [0.3, 0.4) is 0 Å². The molecular weight excluding hydrogens is 614 g/mol. The van der Waals surface area contributed by atoms with E-state index in [-0.39, 0.29) is 17.3 Å². The zero-order chi connectivity index (χ0) is 30.3. The van der Waals surface area contributed by atoms with Crippen molar-refractivity contribution in [1.82, 2.24) is 34.6 Å². The van der Waals surface area contributed by atoms with Crippen molar-refractivity contribution in [2.75, 3.05) is 18.5 Å². The van der Waals surface area contributed by atoms with Crippen molar-refractivity contribution >= 4 is 50.2 Å². The van der Waals surface area contributed by atoms with E-state index in [0.717, 1.165) is 4.90 Å². The Balaban J connectivity index is 1.48. The largest absolute Gasteiger partial charge is 0.326 e. The number of Topliss-reactive ketones (excluding diaryl/α,β-unsaturated/α-hetero) is 1. The number of pyridine rings is 2. The van der Waals surface area contributed by atoms with Crippen molar-refractivity contribution in [2.45, 2.75) is 52.4 Å². The standard InChI is InChI=1S/C28H27BrF2N8O3/c1-14-5-6-22(29)35-26(14)36-27(42)21-8-28(31,12-30)13-38(21)23(41)11-39-25-15(2)34-20(18-9-32-17(4)33-10-18)7-19(25)24(37-39)16(3)40/h5-7,9-10,21H,8,11-13H2,1-4H3,(H,35,36,42)/t21-,28-/m0/s1. The van der Waals surface area contributed by atoms with Crippen LogP contribution >= 0.6 is 15.9 Å². The number of hydrogen-bond donors (Lipinski definition) is 1. The number of nitrogens with one attached hydrogen (secondary N) is 1. The van der Waals surface area contributed by atoms with Crippen LogP contribution in [0.5, 0.6) is 0 Å². The number of alkyl halides is 2. The molecular formula is C28H27BrF2N8O3. The minimum Gasteiger partial charge on any atom is -0.326 e. The number of hydrogen-bond acceptors (Lipinski definition) is 8. The first-order valence-electron chi connectivity index (χ1n) is 13.1. The maximum Gasteiger partial charge on any atom is 0.248 e. The summed E-state index contributed by atoms with van der Waals surface area (Å²) in [6.07, 6.45) is 2.72. The lowest BCUT2D eigenvalue weighted by Gasteiger charge is -2.24. The molecule has 0 saturated carbocycles. The summed E-state index contributed by atoms with van der Waals surface area (Å²) in [6, 6.07) is 3.81. The molecule has 1 N–H and O–H groups in total. The first-order valence-corrected chi connectivity index (χ1v) is 13.8. The minimum atomic E-state index is -2.39. The molecule has 1 aliphatic heterocycles. The van der Waals surface area contributed by atoms with Gasteiger partial charge in [0.1, 0.15) is 41.2 Å². The fourth-order valence-electron chi connectivity index (χ4n) is 5.02. The van der Waals surface area contributed by atoms with Gasteiger partial charge >= 0.3 is 0 Å². The number of carbonyl (C=O) groups excluding carboxylic acids is 3. The van der Waals surface area contributed by atoms with Gasteiger partial charge in [0, 0.05) is 36.7 Å². The third kappa shape index (κ3) is 5.62. The molecule has 42 heavy (non-hydrogen) atoms. The van der Waals surface area contributed by atoms with Gasteiger partial charge in [0.05, 0.1) is 23.4 Å². The molecule has 4 aromatic rings. The van der Waals surface area contributed by atoms with Gasteiger partial charge in [-0.25, -0.2) is 23.7 Å². The lowest BCUT2D eigenvalue weighted by molar-refractivity contribution is -0.137. The van der Waals surface area contributed by atoms with Crippen LogP contribution in [0.25, 0.3) is 22.2 Å². The normalized spacial score (nSPS) is 18.5. The fourth-order valence-corrected chi connectivity index (χ4v) is 5.33. The van der Waals surface area contributed by atoms with Crippen LogP contribution in [0.15, 0.2) is 35.2 Å². The maximum atomic E-state index is 15.3. The van der Waals surface area contributed by atoms with Crippen LogP contribution in [0.1, 0.15) is 40.9 Å². The van der Waals surface area contributed by atoms with Gasteiger partial charge in [-0.15, -0.1) is 0 Å². The number of anilines is 1. The van der Waals surface area contributed by atoms with E-state index in [4.69, 9.17) is 0 Å². The summed E-state index contributed by atoms with van der Waals surface area (Å²) in [5, 5.41) is 7.49. The summed E-state index contributed by atoms with van der Waals surface area (Å²) in [4.78, 5) is 57.7. The highest BCUT2D eigenvalue weighted by atomic mass is 79.9. The van der Waals surface area contributed by atoms with Crippen LogP contribution in [0, 0.1) is 20.8 Å². The number of ketones is 1. The molecule has 5 heterocycles. The molecule has 1 aliphatic rings. The third-order valence-electron chi connectivity index (χ3n) is 7.15. The van der Waals surface area contributed by atoms with Gasteiger partial charge < -0.3 is 10.2 Å². The Morgan fingerprint density at radius 3 is 2.52 bits per heavy atom. The van der Waals surface area contributed by atoms with Crippen molar-refractivity contribution in [3.05, 3.63) is 58.0 Å². The number of amides is 2. The predicted molar refractivity (Wildman–Crippen MR) is 153 cm³/mol. The highest BCUT2D eigenvalue weighted by Crippen LogP contribution is 2.33. The number of aryl methyl sites for hydroxylation is 3. The second-order valence-corrected chi connectivity index (χ2v) is 11.2. The molecule has 0 unspecified atom stereocenters. The molecule has 0 radical (unpaired) electrons. The molecule has 0 spiro atoms. The Bertz CT molecular complexity index is 1730. The number of aromatic nitrogens is 6. The van der Waals surface area contributed by atoms with E-state index in [1.165, 1.54) is 11.6 Å². The SMILES string of the molecule is CC(=O)c1nn(CC(=O)N2C[C@@](F)(CF)C[C@H]2C(=O)Nc2nc(Br)ccc2C)c2c(C)nc(-c3cnc(C)nc3)cc12. The summed E-state index contributed by atoms with van der Waals surface area (Å²) in [6.45, 7) is 4.16. The molecule has 2 amide bonds. The Kier molecular flexibility index (Phi) is 7.84. The van der Waals surface area contributed by atoms with Gasteiger partial charge in [-0.05, 0) is 54.4 Å². The van der Waals surface area contributed by atoms with Crippen LogP contribution in [0.4, 0.5) is 14.6 Å². The highest BCUT2D eigenvalue weighted by Gasteiger charge is 2.49. The molecule has 11 nitrogen and oxygen atoms in total. The Morgan fingerprint density at radius 1 is 1.14 bits per heavy atom. The summed E-state index contributed by atoms with van der Waals surface area (Å²) in [5.74, 6) is -0.869. The van der Waals surface area contributed by atoms with Gasteiger partial charge in [0.15, 0.2) is 11.5 Å². The number of halogens is 3. The van der Waals surface area contributed by atoms with E-state index in [9.17, 15) is 18.8 Å². The molecule has 14 heteroatoms. The first-order chi connectivity index (χ1) is 19.9. The minimum absolute atomic E-state index is 0.119. The third-order valence-corrected chi connectivity index (χ3v) is 7.59. The van der Waals surface area contributed by atoms with Crippen LogP contribution in [-0.2, 0) is 16.1 Å². The van der Waals surface area contributed by atoms with Crippen molar-refractivity contribution < 1.29 is 23.2 Å². The van der Waals surface area contributed by atoms with Crippen LogP contribution in [-0.4, -0.2) is 77.1 Å². The van der Waals surface area contributed by atoms with E-state index in [1.54, 1.807) is 51.4 Å². The molecule has 5 rings (SSSR count). The van der Waals surface area contributed by atoms with Crippen molar-refractivity contribution in [2.24, 2.45) is 0 Å². The van der Waals surface area contributed by atoms with Gasteiger partial charge in [0.25, 0.3) is 0 Å². The average molecular weight is 641 g/mol. The monoisotopic (exact) mass is 640 g/mol. The molecule has 2 atom stereocenters. The van der Waals surface area contributed by atoms with Gasteiger partial charge in [-0.2, -0.15) is 5.10 Å². The Labute approximate surface area is 247 Å². The molecule has 1 saturated heterocycles. The smallest absolute Gasteiger partial charge is 0.248 e. The fraction of sp³-hybridized carbons (Fsp3) is 0.357. The molecule has 1 fully saturated rings. The number of rotatable bonds is 7. The first kappa shape index (κ1) is 29.3. The summed E-state index contributed by atoms with van der Waals surface area (Å²) >= 11 is 3.25. The lowest BCUT2D eigenvalue weighted by atomic mass is 10.0. The Morgan fingerprint density at radius 2 is 1.86 bits per heavy atom. The Hall–Kier alpha value is -4.20.